The van der Waals surface area contributed by atoms with E-state index in [2.05, 4.69) is 33.1 Å². The maximum Gasteiger partial charge on any atom is 0.293 e. The van der Waals surface area contributed by atoms with E-state index in [1.807, 2.05) is 24.3 Å². The van der Waals surface area contributed by atoms with Crippen LogP contribution >= 0.6 is 15.9 Å². The Morgan fingerprint density at radius 2 is 1.91 bits per heavy atom. The van der Waals surface area contributed by atoms with Gasteiger partial charge in [-0.3, -0.25) is 0 Å². The fraction of sp³-hybridized carbons (Fsp3) is 0.400. The molecule has 2 fully saturated rings. The first-order valence-electron chi connectivity index (χ1n) is 6.80. The van der Waals surface area contributed by atoms with Gasteiger partial charge in [0.1, 0.15) is 11.3 Å². The Bertz CT molecular complexity index is 789. The predicted octanol–water partition coefficient (Wildman–Crippen LogP) is 1.64. The molecule has 2 heterocycles. The van der Waals surface area contributed by atoms with Gasteiger partial charge in [-0.25, -0.2) is 4.99 Å². The van der Waals surface area contributed by atoms with E-state index in [4.69, 9.17) is 15.2 Å². The van der Waals surface area contributed by atoms with Crippen LogP contribution in [0.25, 0.3) is 0 Å². The molecule has 1 saturated heterocycles. The van der Waals surface area contributed by atoms with Gasteiger partial charge in [-0.15, -0.1) is 0 Å². The largest absolute Gasteiger partial charge is 0.386 e. The Hall–Kier alpha value is -1.93. The lowest BCUT2D eigenvalue weighted by Crippen LogP contribution is -2.38. The van der Waals surface area contributed by atoms with E-state index >= 15 is 0 Å². The molecule has 2 N–H and O–H groups in total. The van der Waals surface area contributed by atoms with E-state index in [1.165, 1.54) is 0 Å². The summed E-state index contributed by atoms with van der Waals surface area (Å²) >= 11 is 3.49. The van der Waals surface area contributed by atoms with Gasteiger partial charge in [0.2, 0.25) is 0 Å². The number of nitriles is 2. The summed E-state index contributed by atoms with van der Waals surface area (Å²) in [5, 5.41) is 19.7. The van der Waals surface area contributed by atoms with Crippen molar-refractivity contribution in [2.24, 2.45) is 21.6 Å². The molecule has 4 rings (SSSR count). The molecule has 7 heteroatoms. The molecule has 2 aliphatic heterocycles. The van der Waals surface area contributed by atoms with Crippen molar-refractivity contribution < 1.29 is 9.47 Å². The number of nitrogens with two attached hydrogens (primary N) is 1. The second-order valence-electron chi connectivity index (χ2n) is 5.57. The van der Waals surface area contributed by atoms with Gasteiger partial charge in [-0.1, -0.05) is 34.1 Å². The van der Waals surface area contributed by atoms with Crippen LogP contribution in [0.5, 0.6) is 0 Å². The number of fused-ring (bicyclic) bond motifs is 2. The highest BCUT2D eigenvalue weighted by Gasteiger charge is 2.94. The number of rotatable bonds is 1. The third-order valence-electron chi connectivity index (χ3n) is 4.82. The lowest BCUT2D eigenvalue weighted by Gasteiger charge is -2.25. The van der Waals surface area contributed by atoms with E-state index in [0.29, 0.717) is 13.2 Å². The zero-order chi connectivity index (χ0) is 15.6. The lowest BCUT2D eigenvalue weighted by molar-refractivity contribution is -0.184. The van der Waals surface area contributed by atoms with Crippen LogP contribution in [-0.4, -0.2) is 25.0 Å². The van der Waals surface area contributed by atoms with Crippen LogP contribution in [0.1, 0.15) is 11.5 Å². The summed E-state index contributed by atoms with van der Waals surface area (Å²) < 4.78 is 12.1. The first kappa shape index (κ1) is 13.7. The van der Waals surface area contributed by atoms with Crippen LogP contribution in [0.4, 0.5) is 0 Å². The van der Waals surface area contributed by atoms with Crippen molar-refractivity contribution in [2.45, 2.75) is 11.8 Å². The summed E-state index contributed by atoms with van der Waals surface area (Å²) in [6.07, 6.45) is 0. The van der Waals surface area contributed by atoms with E-state index in [0.717, 1.165) is 10.0 Å². The van der Waals surface area contributed by atoms with Crippen molar-refractivity contribution >= 4 is 21.8 Å². The smallest absolute Gasteiger partial charge is 0.293 e. The van der Waals surface area contributed by atoms with E-state index in [1.54, 1.807) is 0 Å². The maximum atomic E-state index is 9.92. The molecule has 6 nitrogen and oxygen atoms in total. The first-order chi connectivity index (χ1) is 10.6. The van der Waals surface area contributed by atoms with Gasteiger partial charge in [0, 0.05) is 10.4 Å². The van der Waals surface area contributed by atoms with Gasteiger partial charge in [0.25, 0.3) is 5.91 Å². The third kappa shape index (κ3) is 1.17. The molecule has 0 aromatic heterocycles. The second kappa shape index (κ2) is 4.08. The second-order valence-corrected chi connectivity index (χ2v) is 6.42. The van der Waals surface area contributed by atoms with E-state index in [-0.39, 0.29) is 5.84 Å². The first-order valence-corrected chi connectivity index (χ1v) is 7.59. The number of hydrogen-bond donors (Lipinski definition) is 1. The molecule has 1 aliphatic carbocycles. The normalized spacial score (nSPS) is 37.2. The number of amidine groups is 1. The Balaban J connectivity index is 1.97. The van der Waals surface area contributed by atoms with Gasteiger partial charge in [0.05, 0.1) is 25.4 Å². The maximum absolute atomic E-state index is 9.92. The molecule has 0 amide bonds. The van der Waals surface area contributed by atoms with Crippen LogP contribution < -0.4 is 5.73 Å². The summed E-state index contributed by atoms with van der Waals surface area (Å²) in [4.78, 5) is 4.23. The number of halogens is 1. The highest BCUT2D eigenvalue weighted by molar-refractivity contribution is 9.10. The van der Waals surface area contributed by atoms with E-state index < -0.39 is 22.7 Å². The van der Waals surface area contributed by atoms with Gasteiger partial charge in [0.15, 0.2) is 5.41 Å². The highest BCUT2D eigenvalue weighted by Crippen LogP contribution is 2.82. The Morgan fingerprint density at radius 3 is 2.50 bits per heavy atom. The molecular weight excluding hydrogens is 348 g/mol. The zero-order valence-electron chi connectivity index (χ0n) is 11.4. The molecule has 0 unspecified atom stereocenters. The molecule has 1 aromatic rings. The van der Waals surface area contributed by atoms with Crippen molar-refractivity contribution in [2.75, 3.05) is 13.2 Å². The number of ether oxygens (including phenoxy) is 2. The van der Waals surface area contributed by atoms with Crippen LogP contribution in [0, 0.1) is 33.5 Å². The minimum absolute atomic E-state index is 0.110. The van der Waals surface area contributed by atoms with Gasteiger partial charge in [-0.2, -0.15) is 10.5 Å². The predicted molar refractivity (Wildman–Crippen MR) is 79.2 cm³/mol. The molecule has 22 heavy (non-hydrogen) atoms. The van der Waals surface area contributed by atoms with E-state index in [9.17, 15) is 10.5 Å². The Morgan fingerprint density at radius 1 is 1.23 bits per heavy atom. The van der Waals surface area contributed by atoms with Gasteiger partial charge >= 0.3 is 0 Å². The number of hydrogen-bond acceptors (Lipinski definition) is 6. The summed E-state index contributed by atoms with van der Waals surface area (Å²) in [6.45, 7) is 0.648. The average Bonchev–Trinajstić information content (AvgIpc) is 2.76. The highest BCUT2D eigenvalue weighted by atomic mass is 79.9. The van der Waals surface area contributed by atoms with Crippen molar-refractivity contribution in [1.29, 1.82) is 10.5 Å². The molecule has 110 valence electrons. The quantitative estimate of drug-likeness (QED) is 0.821. The number of nitrogens with zero attached hydrogens (tertiary/aromatic N) is 3. The van der Waals surface area contributed by atoms with Crippen LogP contribution in [-0.2, 0) is 9.47 Å². The minimum atomic E-state index is -1.47. The molecule has 1 spiro atoms. The minimum Gasteiger partial charge on any atom is -0.386 e. The number of aliphatic imine (C=N–C) groups is 1. The fourth-order valence-electron chi connectivity index (χ4n) is 3.89. The van der Waals surface area contributed by atoms with Crippen molar-refractivity contribution in [3.8, 4) is 12.1 Å². The third-order valence-corrected chi connectivity index (χ3v) is 5.54. The molecule has 1 saturated carbocycles. The van der Waals surface area contributed by atoms with Gasteiger partial charge in [-0.05, 0) is 11.6 Å². The molecule has 3 aliphatic rings. The molecule has 3 atom stereocenters. The van der Waals surface area contributed by atoms with Crippen LogP contribution in [0.2, 0.25) is 0 Å². The summed E-state index contributed by atoms with van der Waals surface area (Å²) in [5.41, 5.74) is 4.43. The lowest BCUT2D eigenvalue weighted by atomic mass is 9.94. The Kier molecular flexibility index (Phi) is 2.54. The van der Waals surface area contributed by atoms with Crippen molar-refractivity contribution in [3.63, 3.8) is 0 Å². The summed E-state index contributed by atoms with van der Waals surface area (Å²) in [5.74, 6) is -1.80. The molecule has 0 bridgehead atoms. The zero-order valence-corrected chi connectivity index (χ0v) is 13.0. The SMILES string of the molecule is N#C[C@@]12C(N)=NC3(OCCO3)[C@]1(C#N)[C@@H]2c1ccccc1Br. The standard InChI is InChI=1S/C15H11BrN4O2/c16-10-4-2-1-3-9(10)11-13(7-17)12(19)20-15(14(11,13)8-18)21-5-6-22-15/h1-4,11H,5-6H2,(H2,19,20)/t11-,13-,14-/m1/s1. The van der Waals surface area contributed by atoms with Crippen molar-refractivity contribution in [3.05, 3.63) is 34.3 Å². The Labute approximate surface area is 135 Å². The number of benzene rings is 1. The monoisotopic (exact) mass is 358 g/mol. The summed E-state index contributed by atoms with van der Waals surface area (Å²) in [7, 11) is 0. The average molecular weight is 359 g/mol. The van der Waals surface area contributed by atoms with Gasteiger partial charge < -0.3 is 15.2 Å². The topological polar surface area (TPSA) is 104 Å². The van der Waals surface area contributed by atoms with Crippen LogP contribution in [0.3, 0.4) is 0 Å². The van der Waals surface area contributed by atoms with Crippen LogP contribution in [0.15, 0.2) is 33.7 Å². The molecule has 1 aromatic carbocycles. The molecular formula is C15H11BrN4O2. The fourth-order valence-corrected chi connectivity index (χ4v) is 4.41. The van der Waals surface area contributed by atoms with Crippen molar-refractivity contribution in [1.82, 2.24) is 0 Å². The summed E-state index contributed by atoms with van der Waals surface area (Å²) in [6, 6.07) is 12.0. The molecule has 0 radical (unpaired) electrons.